The molecule has 3 unspecified atom stereocenters. The van der Waals surface area contributed by atoms with Gasteiger partial charge in [-0.25, -0.2) is 19.3 Å². The van der Waals surface area contributed by atoms with Gasteiger partial charge in [-0.2, -0.15) is 0 Å². The fraction of sp³-hybridized carbons (Fsp3) is 0.312. The van der Waals surface area contributed by atoms with Crippen LogP contribution < -0.4 is 10.6 Å². The number of hydrogen-bond donors (Lipinski definition) is 2. The fourth-order valence-electron chi connectivity index (χ4n) is 3.51. The molecule has 5 rings (SSSR count). The normalized spacial score (nSPS) is 31.8. The highest BCUT2D eigenvalue weighted by Crippen LogP contribution is 2.50. The molecule has 3 aromatic rings. The molecule has 10 nitrogen and oxygen atoms in total. The second-order valence-corrected chi connectivity index (χ2v) is 9.32. The first-order valence-corrected chi connectivity index (χ1v) is 11.1. The van der Waals surface area contributed by atoms with Crippen LogP contribution in [0, 0.1) is 5.82 Å². The number of aliphatic hydroxyl groups excluding tert-OH is 1. The summed E-state index contributed by atoms with van der Waals surface area (Å²) in [5, 5.41) is 10.9. The van der Waals surface area contributed by atoms with E-state index in [0.29, 0.717) is 22.6 Å². The van der Waals surface area contributed by atoms with Gasteiger partial charge in [0, 0.05) is 5.56 Å². The molecule has 29 heavy (non-hydrogen) atoms. The van der Waals surface area contributed by atoms with Gasteiger partial charge < -0.3 is 29.5 Å². The van der Waals surface area contributed by atoms with E-state index in [9.17, 15) is 14.4 Å². The van der Waals surface area contributed by atoms with Crippen LogP contribution in [0.25, 0.3) is 22.6 Å². The van der Waals surface area contributed by atoms with Gasteiger partial charge in [0.1, 0.15) is 43.0 Å². The van der Waals surface area contributed by atoms with E-state index in [4.69, 9.17) is 31.3 Å². The van der Waals surface area contributed by atoms with E-state index in [1.54, 1.807) is 0 Å². The van der Waals surface area contributed by atoms with Crippen LogP contribution in [0.15, 0.2) is 30.6 Å². The summed E-state index contributed by atoms with van der Waals surface area (Å²) in [5.41, 5.74) is 7.09. The molecule has 5 atom stereocenters. The zero-order valence-electron chi connectivity index (χ0n) is 14.6. The molecule has 152 valence electrons. The molecule has 0 aliphatic carbocycles. The van der Waals surface area contributed by atoms with E-state index in [1.165, 1.54) is 35.2 Å². The van der Waals surface area contributed by atoms with Crippen molar-refractivity contribution in [2.24, 2.45) is 0 Å². The Kier molecular flexibility index (Phi) is 4.40. The van der Waals surface area contributed by atoms with Crippen molar-refractivity contribution in [2.45, 2.75) is 24.5 Å². The average Bonchev–Trinajstić information content (AvgIpc) is 3.21. The van der Waals surface area contributed by atoms with E-state index in [-0.39, 0.29) is 12.4 Å². The molecule has 2 fully saturated rings. The quantitative estimate of drug-likeness (QED) is 0.543. The van der Waals surface area contributed by atoms with Crippen LogP contribution >= 0.6 is 6.72 Å². The summed E-state index contributed by atoms with van der Waals surface area (Å²) in [6, 6.07) is 5.62. The van der Waals surface area contributed by atoms with Gasteiger partial charge in [-0.3, -0.25) is 4.57 Å². The molecule has 4 heterocycles. The van der Waals surface area contributed by atoms with E-state index in [2.05, 4.69) is 15.0 Å². The zero-order chi connectivity index (χ0) is 20.3. The number of aliphatic hydroxyl groups is 1. The lowest BCUT2D eigenvalue weighted by Crippen LogP contribution is -2.41. The van der Waals surface area contributed by atoms with Gasteiger partial charge in [0.2, 0.25) is 0 Å². The number of nitrogens with two attached hydrogens (primary N) is 1. The van der Waals surface area contributed by atoms with Crippen LogP contribution in [0.5, 0.6) is 0 Å². The third-order valence-electron chi connectivity index (χ3n) is 4.82. The van der Waals surface area contributed by atoms with Gasteiger partial charge in [-0.15, -0.1) is 0 Å². The summed E-state index contributed by atoms with van der Waals surface area (Å²) in [4.78, 5) is 24.7. The Hall–Kier alpha value is -2.05. The molecule has 2 aromatic heterocycles. The summed E-state index contributed by atoms with van der Waals surface area (Å²) in [5.74, 6) is 0.0552. The minimum absolute atomic E-state index is 0.0887. The molecule has 0 saturated carbocycles. The van der Waals surface area contributed by atoms with E-state index in [1.807, 2.05) is 0 Å². The molecule has 0 spiro atoms. The lowest BCUT2D eigenvalue weighted by molar-refractivity contribution is -0.227. The number of rotatable bonds is 2. The number of aromatic nitrogens is 4. The molecule has 3 N–H and O–H groups in total. The minimum atomic E-state index is -3.70. The molecule has 13 heteroatoms. The van der Waals surface area contributed by atoms with E-state index >= 15 is 0 Å². The van der Waals surface area contributed by atoms with Gasteiger partial charge in [-0.05, 0) is 24.3 Å². The first kappa shape index (κ1) is 18.9. The first-order chi connectivity index (χ1) is 13.8. The zero-order valence-corrected chi connectivity index (χ0v) is 16.3. The van der Waals surface area contributed by atoms with Gasteiger partial charge in [0.25, 0.3) is 0 Å². The monoisotopic (exact) mass is 438 g/mol. The minimum Gasteiger partial charge on any atom is -0.780 e. The molecule has 1 aromatic carbocycles. The van der Waals surface area contributed by atoms with Crippen LogP contribution in [0.2, 0.25) is 0 Å². The standard InChI is InChI=1S/C16H15FN5O5PS/c17-8-3-1-7(2-4-8)14-21-10-13(18)19-6-20-15(10)22(14)16-11(23)12-9(26-16)5-25-28(24,29)27-12/h1-4,6,9,11-12,16,23H,5H2,(H,24,29)(H2,18,19,20)/p-1/t9?,11-,12?,16+,28?/m0/s1. The topological polar surface area (TPSA) is 141 Å². The average molecular weight is 438 g/mol. The molecule has 2 aliphatic rings. The number of halogens is 1. The Morgan fingerprint density at radius 3 is 2.83 bits per heavy atom. The number of benzene rings is 1. The summed E-state index contributed by atoms with van der Waals surface area (Å²) in [7, 11) is 0. The van der Waals surface area contributed by atoms with E-state index in [0.717, 1.165) is 0 Å². The van der Waals surface area contributed by atoms with Crippen molar-refractivity contribution in [3.05, 3.63) is 36.4 Å². The second kappa shape index (κ2) is 6.74. The fourth-order valence-corrected chi connectivity index (χ4v) is 4.94. The molecule has 0 amide bonds. The number of imidazole rings is 1. The summed E-state index contributed by atoms with van der Waals surface area (Å²) < 4.78 is 31.2. The van der Waals surface area contributed by atoms with Crippen LogP contribution in [0.1, 0.15) is 6.23 Å². The Morgan fingerprint density at radius 1 is 1.31 bits per heavy atom. The van der Waals surface area contributed by atoms with Crippen molar-refractivity contribution in [3.63, 3.8) is 0 Å². The maximum absolute atomic E-state index is 13.4. The lowest BCUT2D eigenvalue weighted by Gasteiger charge is -2.38. The number of hydrogen-bond acceptors (Lipinski definition) is 10. The van der Waals surface area contributed by atoms with Crippen LogP contribution in [-0.4, -0.2) is 49.5 Å². The SMILES string of the molecule is Nc1ncnc2c1nc(-c1ccc(F)cc1)n2[C@@H]1OC2COP([O-])(=S)OC2[C@@H]1O. The first-order valence-electron chi connectivity index (χ1n) is 8.56. The maximum atomic E-state index is 13.4. The van der Waals surface area contributed by atoms with Crippen molar-refractivity contribution < 1.29 is 28.2 Å². The smallest absolute Gasteiger partial charge is 0.168 e. The third kappa shape index (κ3) is 3.13. The highest BCUT2D eigenvalue weighted by atomic mass is 32.5. The Balaban J connectivity index is 1.66. The molecule has 0 bridgehead atoms. The summed E-state index contributed by atoms with van der Waals surface area (Å²) in [6.45, 7) is -3.79. The summed E-state index contributed by atoms with van der Waals surface area (Å²) in [6.07, 6.45) is -2.64. The molecule has 2 aliphatic heterocycles. The number of fused-ring (bicyclic) bond motifs is 2. The highest BCUT2D eigenvalue weighted by Gasteiger charge is 2.50. The van der Waals surface area contributed by atoms with Gasteiger partial charge in [0.05, 0.1) is 6.61 Å². The van der Waals surface area contributed by atoms with Crippen LogP contribution in [0.3, 0.4) is 0 Å². The summed E-state index contributed by atoms with van der Waals surface area (Å²) >= 11 is 4.77. The second-order valence-electron chi connectivity index (χ2n) is 6.61. The van der Waals surface area contributed by atoms with Crippen molar-refractivity contribution in [2.75, 3.05) is 12.3 Å². The molecule has 2 saturated heterocycles. The lowest BCUT2D eigenvalue weighted by atomic mass is 10.1. The Bertz CT molecular complexity index is 1140. The van der Waals surface area contributed by atoms with Crippen molar-refractivity contribution >= 4 is 35.5 Å². The predicted octanol–water partition coefficient (Wildman–Crippen LogP) is 0.473. The molecular formula is C16H14FN5O5PS-. The van der Waals surface area contributed by atoms with Gasteiger partial charge >= 0.3 is 0 Å². The Labute approximate surface area is 168 Å². The highest BCUT2D eigenvalue weighted by molar-refractivity contribution is 8.06. The largest absolute Gasteiger partial charge is 0.780 e. The van der Waals surface area contributed by atoms with Crippen LogP contribution in [0.4, 0.5) is 10.2 Å². The number of anilines is 1. The van der Waals surface area contributed by atoms with E-state index < -0.39 is 37.1 Å². The van der Waals surface area contributed by atoms with Crippen LogP contribution in [-0.2, 0) is 25.6 Å². The molecular weight excluding hydrogens is 424 g/mol. The number of nitrogens with zero attached hydrogens (tertiary/aromatic N) is 4. The Morgan fingerprint density at radius 2 is 2.07 bits per heavy atom. The maximum Gasteiger partial charge on any atom is 0.168 e. The number of nitrogen functional groups attached to an aromatic ring is 1. The predicted molar refractivity (Wildman–Crippen MR) is 100 cm³/mol. The third-order valence-corrected chi connectivity index (χ3v) is 6.36. The van der Waals surface area contributed by atoms with Gasteiger partial charge in [0.15, 0.2) is 23.2 Å². The van der Waals surface area contributed by atoms with Crippen molar-refractivity contribution in [1.29, 1.82) is 0 Å². The number of ether oxygens (including phenoxy) is 1. The van der Waals surface area contributed by atoms with Crippen molar-refractivity contribution in [1.82, 2.24) is 19.5 Å². The van der Waals surface area contributed by atoms with Gasteiger partial charge in [-0.1, -0.05) is 11.8 Å². The van der Waals surface area contributed by atoms with Crippen molar-refractivity contribution in [3.8, 4) is 11.4 Å². The molecule has 0 radical (unpaired) electrons.